The molecule has 2 heterocycles. The monoisotopic (exact) mass is 299 g/mol. The highest BCUT2D eigenvalue weighted by Gasteiger charge is 2.37. The molecule has 1 aliphatic rings. The molecule has 5 nitrogen and oxygen atoms in total. The van der Waals surface area contributed by atoms with Crippen LogP contribution in [-0.4, -0.2) is 37.2 Å². The van der Waals surface area contributed by atoms with Crippen molar-refractivity contribution >= 4 is 21.5 Å². The first kappa shape index (κ1) is 14.5. The first-order valence-corrected chi connectivity index (χ1v) is 8.48. The molecule has 19 heavy (non-hydrogen) atoms. The Hall–Kier alpha value is -0.940. The summed E-state index contributed by atoms with van der Waals surface area (Å²) < 4.78 is 27.8. The second-order valence-electron chi connectivity index (χ2n) is 4.52. The van der Waals surface area contributed by atoms with Crippen LogP contribution in [0, 0.1) is 11.3 Å². The lowest BCUT2D eigenvalue weighted by molar-refractivity contribution is 0.352. The van der Waals surface area contributed by atoms with E-state index in [1.54, 1.807) is 15.6 Å². The highest BCUT2D eigenvalue weighted by atomic mass is 32.2. The number of nitrogens with zero attached hydrogens (tertiary/aromatic N) is 3. The fourth-order valence-corrected chi connectivity index (χ4v) is 4.80. The zero-order valence-corrected chi connectivity index (χ0v) is 12.5. The van der Waals surface area contributed by atoms with Crippen molar-refractivity contribution in [1.82, 2.24) is 8.61 Å². The lowest BCUT2D eigenvalue weighted by Gasteiger charge is -2.27. The second kappa shape index (κ2) is 6.01. The van der Waals surface area contributed by atoms with Crippen molar-refractivity contribution in [3.8, 4) is 6.07 Å². The molecule has 7 heteroatoms. The molecule has 0 bridgehead atoms. The van der Waals surface area contributed by atoms with E-state index in [9.17, 15) is 8.42 Å². The molecular weight excluding hydrogens is 282 g/mol. The standard InChI is InChI=1S/C12H17N3O2S2/c1-14(8-4-7-13)19(16,17)15-9-2-5-11(15)12-6-3-10-18-12/h3,6,10-11H,2,4-5,8-9H2,1H3. The minimum absolute atomic E-state index is 0.0467. The topological polar surface area (TPSA) is 64.4 Å². The van der Waals surface area contributed by atoms with E-state index in [4.69, 9.17) is 5.26 Å². The first-order valence-electron chi connectivity index (χ1n) is 6.21. The van der Waals surface area contributed by atoms with Crippen LogP contribution in [0.25, 0.3) is 0 Å². The zero-order chi connectivity index (χ0) is 13.9. The van der Waals surface area contributed by atoms with Crippen molar-refractivity contribution in [2.24, 2.45) is 0 Å². The maximum absolute atomic E-state index is 12.5. The van der Waals surface area contributed by atoms with Crippen LogP contribution in [0.4, 0.5) is 0 Å². The van der Waals surface area contributed by atoms with Crippen molar-refractivity contribution in [1.29, 1.82) is 5.26 Å². The molecule has 2 rings (SSSR count). The molecule has 1 unspecified atom stereocenters. The molecule has 0 radical (unpaired) electrons. The third kappa shape index (κ3) is 2.98. The quantitative estimate of drug-likeness (QED) is 0.835. The summed E-state index contributed by atoms with van der Waals surface area (Å²) in [4.78, 5) is 1.09. The number of thiophene rings is 1. The highest BCUT2D eigenvalue weighted by molar-refractivity contribution is 7.86. The summed E-state index contributed by atoms with van der Waals surface area (Å²) >= 11 is 1.59. The van der Waals surface area contributed by atoms with E-state index >= 15 is 0 Å². The Morgan fingerprint density at radius 3 is 3.05 bits per heavy atom. The van der Waals surface area contributed by atoms with Gasteiger partial charge in [0.15, 0.2) is 0 Å². The molecule has 0 aromatic carbocycles. The third-order valence-corrected chi connectivity index (χ3v) is 6.28. The van der Waals surface area contributed by atoms with Crippen molar-refractivity contribution in [3.63, 3.8) is 0 Å². The maximum atomic E-state index is 12.5. The first-order chi connectivity index (χ1) is 9.07. The van der Waals surface area contributed by atoms with Gasteiger partial charge in [0, 0.05) is 31.4 Å². The molecule has 0 aliphatic carbocycles. The largest absolute Gasteiger partial charge is 0.282 e. The molecule has 104 valence electrons. The molecule has 0 spiro atoms. The van der Waals surface area contributed by atoms with E-state index in [0.29, 0.717) is 6.54 Å². The van der Waals surface area contributed by atoms with Gasteiger partial charge in [-0.3, -0.25) is 0 Å². The van der Waals surface area contributed by atoms with Gasteiger partial charge in [-0.05, 0) is 24.3 Å². The Labute approximate surface area is 118 Å². The van der Waals surface area contributed by atoms with Gasteiger partial charge in [0.05, 0.1) is 12.1 Å². The van der Waals surface area contributed by atoms with Gasteiger partial charge < -0.3 is 0 Å². The van der Waals surface area contributed by atoms with E-state index in [-0.39, 0.29) is 19.0 Å². The fourth-order valence-electron chi connectivity index (χ4n) is 2.28. The normalized spacial score (nSPS) is 20.8. The van der Waals surface area contributed by atoms with Crippen LogP contribution >= 0.6 is 11.3 Å². The summed E-state index contributed by atoms with van der Waals surface area (Å²) in [5.41, 5.74) is 0. The van der Waals surface area contributed by atoms with Gasteiger partial charge in [0.2, 0.25) is 0 Å². The van der Waals surface area contributed by atoms with Crippen LogP contribution in [0.3, 0.4) is 0 Å². The smallest absolute Gasteiger partial charge is 0.198 e. The maximum Gasteiger partial charge on any atom is 0.282 e. The fraction of sp³-hybridized carbons (Fsp3) is 0.583. The molecule has 0 amide bonds. The minimum Gasteiger partial charge on any atom is -0.198 e. The Balaban J connectivity index is 2.18. The zero-order valence-electron chi connectivity index (χ0n) is 10.8. The molecule has 0 N–H and O–H groups in total. The lowest BCUT2D eigenvalue weighted by atomic mass is 10.2. The molecule has 1 fully saturated rings. The summed E-state index contributed by atoms with van der Waals surface area (Å²) in [6.07, 6.45) is 1.97. The van der Waals surface area contributed by atoms with E-state index < -0.39 is 10.2 Å². The number of hydrogen-bond donors (Lipinski definition) is 0. The van der Waals surface area contributed by atoms with Crippen LogP contribution < -0.4 is 0 Å². The average molecular weight is 299 g/mol. The predicted molar refractivity (Wildman–Crippen MR) is 74.8 cm³/mol. The van der Waals surface area contributed by atoms with Crippen molar-refractivity contribution in [2.75, 3.05) is 20.1 Å². The SMILES string of the molecule is CN(CCC#N)S(=O)(=O)N1CCCC1c1cccs1. The van der Waals surface area contributed by atoms with Crippen LogP contribution in [0.2, 0.25) is 0 Å². The van der Waals surface area contributed by atoms with E-state index in [1.165, 1.54) is 11.4 Å². The lowest BCUT2D eigenvalue weighted by Crippen LogP contribution is -2.41. The molecule has 1 aliphatic heterocycles. The molecule has 1 atom stereocenters. The Bertz CT molecular complexity index is 548. The summed E-state index contributed by atoms with van der Waals surface area (Å²) in [7, 11) is -1.93. The van der Waals surface area contributed by atoms with Gasteiger partial charge in [-0.25, -0.2) is 0 Å². The van der Waals surface area contributed by atoms with E-state index in [2.05, 4.69) is 0 Å². The van der Waals surface area contributed by atoms with Crippen molar-refractivity contribution in [3.05, 3.63) is 22.4 Å². The Morgan fingerprint density at radius 1 is 1.63 bits per heavy atom. The number of rotatable bonds is 5. The molecular formula is C12H17N3O2S2. The third-order valence-electron chi connectivity index (χ3n) is 3.30. The summed E-state index contributed by atoms with van der Waals surface area (Å²) in [6.45, 7) is 0.800. The van der Waals surface area contributed by atoms with Crippen LogP contribution in [-0.2, 0) is 10.2 Å². The Morgan fingerprint density at radius 2 is 2.42 bits per heavy atom. The van der Waals surface area contributed by atoms with E-state index in [1.807, 2.05) is 23.6 Å². The van der Waals surface area contributed by atoms with Gasteiger partial charge >= 0.3 is 0 Å². The second-order valence-corrected chi connectivity index (χ2v) is 7.49. The van der Waals surface area contributed by atoms with Crippen molar-refractivity contribution < 1.29 is 8.42 Å². The Kier molecular flexibility index (Phi) is 4.58. The van der Waals surface area contributed by atoms with Crippen LogP contribution in [0.1, 0.15) is 30.2 Å². The van der Waals surface area contributed by atoms with Gasteiger partial charge in [-0.2, -0.15) is 22.3 Å². The van der Waals surface area contributed by atoms with Crippen LogP contribution in [0.15, 0.2) is 17.5 Å². The van der Waals surface area contributed by atoms with Gasteiger partial charge in [-0.15, -0.1) is 11.3 Å². The van der Waals surface area contributed by atoms with Gasteiger partial charge in [0.25, 0.3) is 10.2 Å². The summed E-state index contributed by atoms with van der Waals surface area (Å²) in [6, 6.07) is 5.86. The summed E-state index contributed by atoms with van der Waals surface area (Å²) in [5.74, 6) is 0. The van der Waals surface area contributed by atoms with E-state index in [0.717, 1.165) is 17.7 Å². The molecule has 1 aromatic heterocycles. The average Bonchev–Trinajstić information content (AvgIpc) is 3.04. The number of hydrogen-bond acceptors (Lipinski definition) is 4. The van der Waals surface area contributed by atoms with Gasteiger partial charge in [0.1, 0.15) is 0 Å². The van der Waals surface area contributed by atoms with Gasteiger partial charge in [-0.1, -0.05) is 6.07 Å². The predicted octanol–water partition coefficient (Wildman–Crippen LogP) is 1.98. The van der Waals surface area contributed by atoms with Crippen LogP contribution in [0.5, 0.6) is 0 Å². The molecule has 1 aromatic rings. The van der Waals surface area contributed by atoms with Crippen molar-refractivity contribution in [2.45, 2.75) is 25.3 Å². The summed E-state index contributed by atoms with van der Waals surface area (Å²) in [5, 5.41) is 10.5. The molecule has 0 saturated carbocycles. The minimum atomic E-state index is -3.46. The highest BCUT2D eigenvalue weighted by Crippen LogP contribution is 2.36. The number of nitriles is 1. The molecule has 1 saturated heterocycles.